The third-order valence-corrected chi connectivity index (χ3v) is 7.52. The summed E-state index contributed by atoms with van der Waals surface area (Å²) in [7, 11) is 1.41. The molecule has 0 amide bonds. The smallest absolute Gasteiger partial charge is 0.223 e. The number of nitrogens with zero attached hydrogens (tertiary/aromatic N) is 7. The molecular formula is C24H29FN8O2. The molecule has 4 heterocycles. The largest absolute Gasteiger partial charge is 0.494 e. The van der Waals surface area contributed by atoms with E-state index in [1.807, 2.05) is 24.0 Å². The van der Waals surface area contributed by atoms with Crippen molar-refractivity contribution in [2.75, 3.05) is 30.8 Å². The number of hydrogen-bond acceptors (Lipinski definition) is 8. The molecule has 1 aliphatic carbocycles. The highest BCUT2D eigenvalue weighted by molar-refractivity contribution is 5.93. The fourth-order valence-electron chi connectivity index (χ4n) is 5.61. The maximum Gasteiger partial charge on any atom is 0.223 e. The van der Waals surface area contributed by atoms with Crippen LogP contribution in [0.1, 0.15) is 56.8 Å². The average molecular weight is 481 g/mol. The zero-order chi connectivity index (χ0) is 24.3. The molecule has 10 nitrogen and oxygen atoms in total. The average Bonchev–Trinajstić information content (AvgIpc) is 3.57. The van der Waals surface area contributed by atoms with Gasteiger partial charge in [0.25, 0.3) is 0 Å². The van der Waals surface area contributed by atoms with E-state index in [0.717, 1.165) is 50.9 Å². The Balaban J connectivity index is 1.30. The van der Waals surface area contributed by atoms with Gasteiger partial charge < -0.3 is 20.5 Å². The second-order valence-corrected chi connectivity index (χ2v) is 9.91. The minimum Gasteiger partial charge on any atom is -0.494 e. The Hall–Kier alpha value is -3.47. The van der Waals surface area contributed by atoms with Crippen LogP contribution in [0.5, 0.6) is 5.75 Å². The lowest BCUT2D eigenvalue weighted by atomic mass is 9.97. The Morgan fingerprint density at radius 2 is 2.09 bits per heavy atom. The summed E-state index contributed by atoms with van der Waals surface area (Å²) in [6.45, 7) is 3.54. The number of rotatable bonds is 4. The van der Waals surface area contributed by atoms with E-state index >= 15 is 0 Å². The van der Waals surface area contributed by atoms with Crippen molar-refractivity contribution in [2.24, 2.45) is 0 Å². The normalized spacial score (nSPS) is 25.1. The molecule has 6 rings (SSSR count). The number of fused-ring (bicyclic) bond motifs is 3. The molecule has 1 unspecified atom stereocenters. The van der Waals surface area contributed by atoms with E-state index in [9.17, 15) is 9.50 Å². The van der Waals surface area contributed by atoms with Gasteiger partial charge in [-0.2, -0.15) is 9.61 Å². The Morgan fingerprint density at radius 3 is 2.86 bits per heavy atom. The summed E-state index contributed by atoms with van der Waals surface area (Å²) in [6, 6.07) is 2.89. The summed E-state index contributed by atoms with van der Waals surface area (Å²) in [4.78, 5) is 11.4. The SMILES string of the molecule is COc1cc2nc(N)n3nc([C@@H]4CCCN(c5cnn(C6CCC[C@@]6(C)O)c5)C4)nc3c2cc1F. The number of anilines is 2. The summed E-state index contributed by atoms with van der Waals surface area (Å²) >= 11 is 0. The first-order chi connectivity index (χ1) is 16.8. The first-order valence-electron chi connectivity index (χ1n) is 12.0. The van der Waals surface area contributed by atoms with Gasteiger partial charge in [-0.1, -0.05) is 0 Å². The van der Waals surface area contributed by atoms with Crippen molar-refractivity contribution in [3.05, 3.63) is 36.2 Å². The van der Waals surface area contributed by atoms with Crippen LogP contribution in [0.25, 0.3) is 16.6 Å². The van der Waals surface area contributed by atoms with E-state index in [1.165, 1.54) is 23.8 Å². The van der Waals surface area contributed by atoms with Gasteiger partial charge in [0.15, 0.2) is 23.0 Å². The highest BCUT2D eigenvalue weighted by Crippen LogP contribution is 2.39. The number of nitrogens with two attached hydrogens (primary N) is 1. The molecule has 35 heavy (non-hydrogen) atoms. The number of benzene rings is 1. The number of hydrogen-bond donors (Lipinski definition) is 2. The van der Waals surface area contributed by atoms with E-state index < -0.39 is 11.4 Å². The summed E-state index contributed by atoms with van der Waals surface area (Å²) in [5.74, 6) is 0.561. The zero-order valence-corrected chi connectivity index (χ0v) is 19.9. The first-order valence-corrected chi connectivity index (χ1v) is 12.0. The molecule has 0 bridgehead atoms. The molecule has 2 fully saturated rings. The van der Waals surface area contributed by atoms with Gasteiger partial charge in [0, 0.05) is 36.7 Å². The lowest BCUT2D eigenvalue weighted by Gasteiger charge is -2.32. The number of aromatic nitrogens is 6. The Labute approximate surface area is 201 Å². The van der Waals surface area contributed by atoms with E-state index in [0.29, 0.717) is 22.4 Å². The van der Waals surface area contributed by atoms with E-state index in [4.69, 9.17) is 15.5 Å². The Morgan fingerprint density at radius 1 is 1.23 bits per heavy atom. The van der Waals surface area contributed by atoms with Gasteiger partial charge in [0.1, 0.15) is 0 Å². The lowest BCUT2D eigenvalue weighted by molar-refractivity contribution is 0.0222. The van der Waals surface area contributed by atoms with Gasteiger partial charge in [-0.3, -0.25) is 4.68 Å². The molecule has 3 atom stereocenters. The molecule has 1 saturated heterocycles. The van der Waals surface area contributed by atoms with Crippen molar-refractivity contribution in [3.8, 4) is 5.75 Å². The predicted octanol–water partition coefficient (Wildman–Crippen LogP) is 3.06. The van der Waals surface area contributed by atoms with E-state index in [1.54, 1.807) is 0 Å². The number of halogens is 1. The van der Waals surface area contributed by atoms with Gasteiger partial charge in [-0.05, 0) is 45.1 Å². The minimum absolute atomic E-state index is 0.000260. The summed E-state index contributed by atoms with van der Waals surface area (Å²) < 4.78 is 22.9. The van der Waals surface area contributed by atoms with Crippen LogP contribution in [0.3, 0.4) is 0 Å². The molecule has 0 radical (unpaired) electrons. The number of ether oxygens (including phenoxy) is 1. The monoisotopic (exact) mass is 480 g/mol. The molecule has 0 spiro atoms. The topological polar surface area (TPSA) is 120 Å². The van der Waals surface area contributed by atoms with E-state index in [-0.39, 0.29) is 23.7 Å². The predicted molar refractivity (Wildman–Crippen MR) is 129 cm³/mol. The molecule has 184 valence electrons. The molecular weight excluding hydrogens is 451 g/mol. The summed E-state index contributed by atoms with van der Waals surface area (Å²) in [6.07, 6.45) is 8.55. The lowest BCUT2D eigenvalue weighted by Crippen LogP contribution is -2.35. The number of nitrogen functional groups attached to an aromatic ring is 1. The van der Waals surface area contributed by atoms with Crippen molar-refractivity contribution < 1.29 is 14.2 Å². The molecule has 1 aliphatic heterocycles. The van der Waals surface area contributed by atoms with Crippen LogP contribution in [0.4, 0.5) is 16.0 Å². The molecule has 3 aromatic heterocycles. The first kappa shape index (κ1) is 22.0. The molecule has 3 N–H and O–H groups in total. The van der Waals surface area contributed by atoms with Gasteiger partial charge in [0.05, 0.1) is 36.2 Å². The summed E-state index contributed by atoms with van der Waals surface area (Å²) in [5, 5.41) is 20.5. The van der Waals surface area contributed by atoms with Gasteiger partial charge in [-0.15, -0.1) is 5.10 Å². The second-order valence-electron chi connectivity index (χ2n) is 9.91. The van der Waals surface area contributed by atoms with Crippen molar-refractivity contribution >= 4 is 28.2 Å². The number of aliphatic hydroxyl groups is 1. The summed E-state index contributed by atoms with van der Waals surface area (Å²) in [5.41, 5.74) is 7.46. The Kier molecular flexibility index (Phi) is 5.06. The maximum atomic E-state index is 14.4. The van der Waals surface area contributed by atoms with Crippen molar-refractivity contribution in [2.45, 2.75) is 56.6 Å². The Bertz CT molecular complexity index is 1410. The van der Waals surface area contributed by atoms with Gasteiger partial charge in [0.2, 0.25) is 5.95 Å². The van der Waals surface area contributed by atoms with Crippen molar-refractivity contribution in [3.63, 3.8) is 0 Å². The van der Waals surface area contributed by atoms with Gasteiger partial charge in [-0.25, -0.2) is 14.4 Å². The second kappa shape index (κ2) is 8.04. The molecule has 11 heteroatoms. The van der Waals surface area contributed by atoms with Gasteiger partial charge >= 0.3 is 0 Å². The standard InChI is InChI=1S/C24H29FN8O2/c1-24(34)7-3-6-20(24)32-13-15(11-27-32)31-8-4-5-14(12-31)21-29-22-16-9-17(25)19(35-2)10-18(16)28-23(26)33(22)30-21/h9-11,13-14,20,34H,3-8,12H2,1-2H3,(H2,26,28)/t14-,20?,24-/m1/s1. The third-order valence-electron chi connectivity index (χ3n) is 7.52. The highest BCUT2D eigenvalue weighted by atomic mass is 19.1. The molecule has 4 aromatic rings. The molecule has 1 saturated carbocycles. The fourth-order valence-corrected chi connectivity index (χ4v) is 5.61. The van der Waals surface area contributed by atoms with Crippen LogP contribution in [-0.4, -0.2) is 60.3 Å². The van der Waals surface area contributed by atoms with Crippen LogP contribution in [0.15, 0.2) is 24.5 Å². The van der Waals surface area contributed by atoms with Crippen LogP contribution in [0.2, 0.25) is 0 Å². The molecule has 2 aliphatic rings. The van der Waals surface area contributed by atoms with Crippen LogP contribution in [0, 0.1) is 5.82 Å². The van der Waals surface area contributed by atoms with Crippen molar-refractivity contribution in [1.29, 1.82) is 0 Å². The van der Waals surface area contributed by atoms with Crippen LogP contribution >= 0.6 is 0 Å². The minimum atomic E-state index is -0.728. The highest BCUT2D eigenvalue weighted by Gasteiger charge is 2.39. The van der Waals surface area contributed by atoms with Crippen LogP contribution < -0.4 is 15.4 Å². The fraction of sp³-hybridized carbons (Fsp3) is 0.500. The quantitative estimate of drug-likeness (QED) is 0.457. The number of methoxy groups -OCH3 is 1. The number of piperidine rings is 1. The van der Waals surface area contributed by atoms with E-state index in [2.05, 4.69) is 20.1 Å². The molecule has 1 aromatic carbocycles. The zero-order valence-electron chi connectivity index (χ0n) is 19.9. The van der Waals surface area contributed by atoms with Crippen molar-refractivity contribution in [1.82, 2.24) is 29.4 Å². The third kappa shape index (κ3) is 3.65. The van der Waals surface area contributed by atoms with Crippen LogP contribution in [-0.2, 0) is 0 Å². The maximum absolute atomic E-state index is 14.4.